The Kier molecular flexibility index (Phi) is 6.50. The molecule has 0 bridgehead atoms. The average molecular weight is 415 g/mol. The van der Waals surface area contributed by atoms with Crippen molar-refractivity contribution in [1.29, 1.82) is 0 Å². The highest BCUT2D eigenvalue weighted by molar-refractivity contribution is 6.13. The first-order valence-electron chi connectivity index (χ1n) is 10.8. The van der Waals surface area contributed by atoms with Crippen LogP contribution in [0.25, 0.3) is 0 Å². The predicted molar refractivity (Wildman–Crippen MR) is 119 cm³/mol. The summed E-state index contributed by atoms with van der Waals surface area (Å²) < 4.78 is 5.50. The zero-order valence-corrected chi connectivity index (χ0v) is 18.7. The van der Waals surface area contributed by atoms with Crippen LogP contribution < -0.4 is 10.6 Å². The minimum Gasteiger partial charge on any atom is -0.444 e. The van der Waals surface area contributed by atoms with Gasteiger partial charge in [0.1, 0.15) is 5.60 Å². The monoisotopic (exact) mass is 414 g/mol. The summed E-state index contributed by atoms with van der Waals surface area (Å²) in [5, 5.41) is 0. The maximum absolute atomic E-state index is 13.0. The second-order valence-electron chi connectivity index (χ2n) is 9.56. The Hall–Kier alpha value is -2.41. The molecule has 1 saturated heterocycles. The fourth-order valence-electron chi connectivity index (χ4n) is 4.02. The summed E-state index contributed by atoms with van der Waals surface area (Å²) in [4.78, 5) is 33.6. The molecule has 2 N–H and O–H groups in total. The van der Waals surface area contributed by atoms with E-state index in [4.69, 9.17) is 10.5 Å². The van der Waals surface area contributed by atoms with Crippen LogP contribution in [0.15, 0.2) is 29.3 Å². The largest absolute Gasteiger partial charge is 0.444 e. The number of benzodiazepines with no additional fused rings is 1. The summed E-state index contributed by atoms with van der Waals surface area (Å²) in [6, 6.07) is 7.91. The van der Waals surface area contributed by atoms with E-state index in [-0.39, 0.29) is 17.9 Å². The number of carbonyl (C=O) groups excluding carboxylic acids is 2. The van der Waals surface area contributed by atoms with Crippen LogP contribution in [0.1, 0.15) is 53.0 Å². The molecule has 0 radical (unpaired) electrons. The molecule has 164 valence electrons. The molecule has 1 fully saturated rings. The lowest BCUT2D eigenvalue weighted by Gasteiger charge is -2.34. The molecule has 1 aromatic carbocycles. The van der Waals surface area contributed by atoms with Crippen molar-refractivity contribution in [2.24, 2.45) is 22.6 Å². The molecule has 0 spiro atoms. The summed E-state index contributed by atoms with van der Waals surface area (Å²) in [5.41, 5.74) is 8.41. The van der Waals surface area contributed by atoms with Gasteiger partial charge < -0.3 is 20.3 Å². The number of nitrogens with zero attached hydrogens (tertiary/aromatic N) is 3. The third kappa shape index (κ3) is 5.01. The molecule has 1 atom stereocenters. The van der Waals surface area contributed by atoms with Gasteiger partial charge in [0.15, 0.2) is 6.17 Å². The van der Waals surface area contributed by atoms with Crippen molar-refractivity contribution >= 4 is 23.4 Å². The van der Waals surface area contributed by atoms with Gasteiger partial charge in [-0.3, -0.25) is 9.79 Å². The second kappa shape index (κ2) is 8.76. The van der Waals surface area contributed by atoms with Crippen LogP contribution >= 0.6 is 0 Å². The number of piperidine rings is 1. The average Bonchev–Trinajstić information content (AvgIpc) is 2.77. The summed E-state index contributed by atoms with van der Waals surface area (Å²) in [6.07, 6.45) is 0.337. The first-order valence-corrected chi connectivity index (χ1v) is 10.8. The molecule has 2 heterocycles. The van der Waals surface area contributed by atoms with Crippen molar-refractivity contribution in [3.8, 4) is 0 Å². The lowest BCUT2D eigenvalue weighted by molar-refractivity contribution is -0.119. The SMILES string of the molecule is CC(C)CN1C(=O)[C@@H](N)N=C(C2CCN(C(=O)OC(C)(C)C)CC2)c2ccccc21. The van der Waals surface area contributed by atoms with Crippen molar-refractivity contribution in [2.45, 2.75) is 59.2 Å². The zero-order valence-electron chi connectivity index (χ0n) is 18.7. The van der Waals surface area contributed by atoms with Crippen molar-refractivity contribution in [3.63, 3.8) is 0 Å². The van der Waals surface area contributed by atoms with Gasteiger partial charge in [0.05, 0.1) is 5.69 Å². The van der Waals surface area contributed by atoms with Gasteiger partial charge in [0, 0.05) is 36.8 Å². The Labute approximate surface area is 179 Å². The lowest BCUT2D eigenvalue weighted by Crippen LogP contribution is -2.44. The van der Waals surface area contributed by atoms with Crippen LogP contribution in [0.5, 0.6) is 0 Å². The first-order chi connectivity index (χ1) is 14.1. The summed E-state index contributed by atoms with van der Waals surface area (Å²) in [5.74, 6) is 0.285. The van der Waals surface area contributed by atoms with E-state index >= 15 is 0 Å². The van der Waals surface area contributed by atoms with Gasteiger partial charge in [-0.05, 0) is 45.6 Å². The highest BCUT2D eigenvalue weighted by atomic mass is 16.6. The topological polar surface area (TPSA) is 88.2 Å². The van der Waals surface area contributed by atoms with Gasteiger partial charge in [0.2, 0.25) is 0 Å². The minimum absolute atomic E-state index is 0.141. The molecule has 1 aromatic rings. The Bertz CT molecular complexity index is 820. The quantitative estimate of drug-likeness (QED) is 0.821. The number of anilines is 1. The normalized spacial score (nSPS) is 20.7. The Balaban J connectivity index is 1.83. The summed E-state index contributed by atoms with van der Waals surface area (Å²) in [6.45, 7) is 11.6. The molecule has 2 aliphatic rings. The number of hydrogen-bond donors (Lipinski definition) is 1. The maximum Gasteiger partial charge on any atom is 0.410 e. The van der Waals surface area contributed by atoms with Crippen LogP contribution in [0.4, 0.5) is 10.5 Å². The molecular formula is C23H34N4O3. The number of para-hydroxylation sites is 1. The summed E-state index contributed by atoms with van der Waals surface area (Å²) >= 11 is 0. The predicted octanol–water partition coefficient (Wildman–Crippen LogP) is 3.41. The van der Waals surface area contributed by atoms with Gasteiger partial charge in [-0.25, -0.2) is 4.79 Å². The molecule has 2 amide bonds. The maximum atomic E-state index is 13.0. The number of carbonyl (C=O) groups is 2. The van der Waals surface area contributed by atoms with Crippen molar-refractivity contribution in [3.05, 3.63) is 29.8 Å². The zero-order chi connectivity index (χ0) is 22.1. The number of rotatable bonds is 3. The molecule has 7 heteroatoms. The lowest BCUT2D eigenvalue weighted by atomic mass is 9.87. The van der Waals surface area contributed by atoms with Crippen LogP contribution in [0.2, 0.25) is 0 Å². The fraction of sp³-hybridized carbons (Fsp3) is 0.609. The van der Waals surface area contributed by atoms with Crippen LogP contribution in [-0.2, 0) is 9.53 Å². The molecular weight excluding hydrogens is 380 g/mol. The highest BCUT2D eigenvalue weighted by Crippen LogP contribution is 2.32. The van der Waals surface area contributed by atoms with Gasteiger partial charge in [-0.15, -0.1) is 0 Å². The third-order valence-electron chi connectivity index (χ3n) is 5.35. The fourth-order valence-corrected chi connectivity index (χ4v) is 4.02. The number of amides is 2. The molecule has 3 rings (SSSR count). The van der Waals surface area contributed by atoms with Gasteiger partial charge in [-0.2, -0.15) is 0 Å². The van der Waals surface area contributed by atoms with E-state index < -0.39 is 11.8 Å². The van der Waals surface area contributed by atoms with E-state index in [1.807, 2.05) is 45.0 Å². The Morgan fingerprint density at radius 1 is 1.23 bits per heavy atom. The number of fused-ring (bicyclic) bond motifs is 1. The number of hydrogen-bond acceptors (Lipinski definition) is 5. The minimum atomic E-state index is -0.907. The van der Waals surface area contributed by atoms with E-state index in [1.54, 1.807) is 9.80 Å². The number of likely N-dealkylation sites (tertiary alicyclic amines) is 1. The molecule has 0 aromatic heterocycles. The van der Waals surface area contributed by atoms with Gasteiger partial charge in [-0.1, -0.05) is 32.0 Å². The van der Waals surface area contributed by atoms with Gasteiger partial charge in [0.25, 0.3) is 5.91 Å². The van der Waals surface area contributed by atoms with E-state index in [2.05, 4.69) is 18.8 Å². The highest BCUT2D eigenvalue weighted by Gasteiger charge is 2.35. The van der Waals surface area contributed by atoms with E-state index in [0.29, 0.717) is 25.6 Å². The molecule has 0 saturated carbocycles. The van der Waals surface area contributed by atoms with Crippen LogP contribution in [-0.4, -0.2) is 54.0 Å². The number of aliphatic imine (C=N–C) groups is 1. The van der Waals surface area contributed by atoms with E-state index in [1.165, 1.54) is 0 Å². The second-order valence-corrected chi connectivity index (χ2v) is 9.56. The molecule has 0 aliphatic carbocycles. The molecule has 0 unspecified atom stereocenters. The Morgan fingerprint density at radius 2 is 1.87 bits per heavy atom. The van der Waals surface area contributed by atoms with Crippen molar-refractivity contribution in [1.82, 2.24) is 4.90 Å². The number of ether oxygens (including phenoxy) is 1. The van der Waals surface area contributed by atoms with Crippen molar-refractivity contribution in [2.75, 3.05) is 24.5 Å². The first kappa shape index (κ1) is 22.3. The van der Waals surface area contributed by atoms with E-state index in [0.717, 1.165) is 29.8 Å². The number of nitrogens with two attached hydrogens (primary N) is 1. The van der Waals surface area contributed by atoms with Crippen LogP contribution in [0, 0.1) is 11.8 Å². The smallest absolute Gasteiger partial charge is 0.410 e. The molecule has 30 heavy (non-hydrogen) atoms. The molecule has 7 nitrogen and oxygen atoms in total. The molecule has 2 aliphatic heterocycles. The number of benzene rings is 1. The standard InChI is InChI=1S/C23H34N4O3/c1-15(2)14-27-18-9-7-6-8-17(18)19(25-20(24)21(27)28)16-10-12-26(13-11-16)22(29)30-23(3,4)5/h6-9,15-16,20H,10-14,24H2,1-5H3/t20-/m0/s1. The van der Waals surface area contributed by atoms with Crippen molar-refractivity contribution < 1.29 is 14.3 Å². The third-order valence-corrected chi connectivity index (χ3v) is 5.35. The van der Waals surface area contributed by atoms with E-state index in [9.17, 15) is 9.59 Å². The Morgan fingerprint density at radius 3 is 2.47 bits per heavy atom. The van der Waals surface area contributed by atoms with Gasteiger partial charge >= 0.3 is 6.09 Å². The van der Waals surface area contributed by atoms with Crippen LogP contribution in [0.3, 0.4) is 0 Å². The summed E-state index contributed by atoms with van der Waals surface area (Å²) in [7, 11) is 0.